The first-order valence-electron chi connectivity index (χ1n) is 7.33. The predicted octanol–water partition coefficient (Wildman–Crippen LogP) is 4.15. The van der Waals surface area contributed by atoms with Crippen molar-refractivity contribution in [3.8, 4) is 0 Å². The van der Waals surface area contributed by atoms with E-state index in [0.29, 0.717) is 0 Å². The van der Waals surface area contributed by atoms with Crippen molar-refractivity contribution in [3.05, 3.63) is 48.2 Å². The summed E-state index contributed by atoms with van der Waals surface area (Å²) in [5.41, 5.74) is 4.08. The molecular formula is C18H26N2. The molecule has 1 aromatic heterocycles. The molecule has 0 amide bonds. The van der Waals surface area contributed by atoms with Crippen molar-refractivity contribution in [3.63, 3.8) is 0 Å². The highest BCUT2D eigenvalue weighted by atomic mass is 15.0. The Kier molecular flexibility index (Phi) is 4.34. The van der Waals surface area contributed by atoms with Crippen LogP contribution in [-0.4, -0.2) is 16.7 Å². The van der Waals surface area contributed by atoms with Crippen molar-refractivity contribution in [2.24, 2.45) is 0 Å². The van der Waals surface area contributed by atoms with Gasteiger partial charge >= 0.3 is 0 Å². The van der Waals surface area contributed by atoms with E-state index in [2.05, 4.69) is 74.6 Å². The third kappa shape index (κ3) is 3.73. The normalized spacial score (nSPS) is 12.0. The Morgan fingerprint density at radius 2 is 1.95 bits per heavy atom. The van der Waals surface area contributed by atoms with E-state index in [4.69, 9.17) is 0 Å². The molecule has 0 radical (unpaired) electrons. The van der Waals surface area contributed by atoms with Gasteiger partial charge in [0.2, 0.25) is 0 Å². The van der Waals surface area contributed by atoms with Gasteiger partial charge in [0.15, 0.2) is 0 Å². The molecule has 0 spiro atoms. The monoisotopic (exact) mass is 270 g/mol. The minimum atomic E-state index is 0.177. The molecule has 1 aromatic carbocycles. The van der Waals surface area contributed by atoms with Gasteiger partial charge in [-0.05, 0) is 52.3 Å². The van der Waals surface area contributed by atoms with Crippen LogP contribution in [0.2, 0.25) is 0 Å². The van der Waals surface area contributed by atoms with Crippen molar-refractivity contribution in [2.45, 2.75) is 46.2 Å². The molecule has 1 heterocycles. The van der Waals surface area contributed by atoms with Gasteiger partial charge in [0.25, 0.3) is 0 Å². The lowest BCUT2D eigenvalue weighted by Gasteiger charge is -2.20. The van der Waals surface area contributed by atoms with Crippen LogP contribution >= 0.6 is 0 Å². The average Bonchev–Trinajstić information content (AvgIpc) is 2.66. The van der Waals surface area contributed by atoms with Crippen LogP contribution in [0.25, 0.3) is 10.9 Å². The number of rotatable bonds is 5. The SMILES string of the molecule is C=C(C)Cn1cc(CCNC(C)(C)C)c2ccccc21. The lowest BCUT2D eigenvalue weighted by atomic mass is 10.1. The lowest BCUT2D eigenvalue weighted by Crippen LogP contribution is -2.37. The Hall–Kier alpha value is -1.54. The van der Waals surface area contributed by atoms with Crippen LogP contribution in [-0.2, 0) is 13.0 Å². The van der Waals surface area contributed by atoms with Crippen LogP contribution < -0.4 is 5.32 Å². The highest BCUT2D eigenvalue weighted by Crippen LogP contribution is 2.22. The van der Waals surface area contributed by atoms with Crippen molar-refractivity contribution in [1.82, 2.24) is 9.88 Å². The largest absolute Gasteiger partial charge is 0.343 e. The van der Waals surface area contributed by atoms with Gasteiger partial charge in [0.05, 0.1) is 0 Å². The minimum Gasteiger partial charge on any atom is -0.343 e. The summed E-state index contributed by atoms with van der Waals surface area (Å²) >= 11 is 0. The van der Waals surface area contributed by atoms with Gasteiger partial charge in [-0.2, -0.15) is 0 Å². The van der Waals surface area contributed by atoms with Crippen LogP contribution in [0, 0.1) is 0 Å². The van der Waals surface area contributed by atoms with Crippen LogP contribution in [0.5, 0.6) is 0 Å². The summed E-state index contributed by atoms with van der Waals surface area (Å²) in [6, 6.07) is 8.64. The Balaban J connectivity index is 2.22. The van der Waals surface area contributed by atoms with Crippen LogP contribution in [0.4, 0.5) is 0 Å². The second kappa shape index (κ2) is 5.84. The highest BCUT2D eigenvalue weighted by Gasteiger charge is 2.11. The first kappa shape index (κ1) is 14.9. The van der Waals surface area contributed by atoms with Gasteiger partial charge in [-0.1, -0.05) is 30.4 Å². The molecule has 0 saturated carbocycles. The summed E-state index contributed by atoms with van der Waals surface area (Å²) in [6.07, 6.45) is 3.34. The van der Waals surface area contributed by atoms with Gasteiger partial charge in [0, 0.05) is 29.2 Å². The molecule has 20 heavy (non-hydrogen) atoms. The standard InChI is InChI=1S/C18H26N2/c1-14(2)12-20-13-15(10-11-19-18(3,4)5)16-8-6-7-9-17(16)20/h6-9,13,19H,1,10-12H2,2-5H3. The van der Waals surface area contributed by atoms with E-state index in [0.717, 1.165) is 19.5 Å². The Labute approximate surface area is 122 Å². The maximum atomic E-state index is 4.03. The number of aromatic nitrogens is 1. The molecule has 2 heteroatoms. The molecule has 0 fully saturated rings. The molecule has 0 aliphatic carbocycles. The molecule has 2 aromatic rings. The van der Waals surface area contributed by atoms with E-state index >= 15 is 0 Å². The first-order valence-corrected chi connectivity index (χ1v) is 7.33. The smallest absolute Gasteiger partial charge is 0.0486 e. The number of hydrogen-bond acceptors (Lipinski definition) is 1. The lowest BCUT2D eigenvalue weighted by molar-refractivity contribution is 0.429. The van der Waals surface area contributed by atoms with Crippen molar-refractivity contribution in [1.29, 1.82) is 0 Å². The molecule has 0 aliphatic rings. The molecule has 0 atom stereocenters. The van der Waals surface area contributed by atoms with Crippen LogP contribution in [0.1, 0.15) is 33.3 Å². The number of hydrogen-bond donors (Lipinski definition) is 1. The van der Waals surface area contributed by atoms with E-state index in [1.165, 1.54) is 22.0 Å². The van der Waals surface area contributed by atoms with Crippen molar-refractivity contribution < 1.29 is 0 Å². The Morgan fingerprint density at radius 3 is 2.60 bits per heavy atom. The van der Waals surface area contributed by atoms with Gasteiger partial charge < -0.3 is 9.88 Å². The Morgan fingerprint density at radius 1 is 1.25 bits per heavy atom. The van der Waals surface area contributed by atoms with E-state index in [1.54, 1.807) is 0 Å². The topological polar surface area (TPSA) is 17.0 Å². The van der Waals surface area contributed by atoms with E-state index < -0.39 is 0 Å². The average molecular weight is 270 g/mol. The molecule has 2 rings (SSSR count). The zero-order chi connectivity index (χ0) is 14.8. The van der Waals surface area contributed by atoms with E-state index in [-0.39, 0.29) is 5.54 Å². The van der Waals surface area contributed by atoms with Crippen molar-refractivity contribution in [2.75, 3.05) is 6.54 Å². The zero-order valence-corrected chi connectivity index (χ0v) is 13.2. The van der Waals surface area contributed by atoms with E-state index in [9.17, 15) is 0 Å². The highest BCUT2D eigenvalue weighted by molar-refractivity contribution is 5.84. The molecule has 1 N–H and O–H groups in total. The molecular weight excluding hydrogens is 244 g/mol. The van der Waals surface area contributed by atoms with Crippen LogP contribution in [0.3, 0.4) is 0 Å². The maximum absolute atomic E-state index is 4.03. The number of para-hydroxylation sites is 1. The van der Waals surface area contributed by atoms with Crippen LogP contribution in [0.15, 0.2) is 42.6 Å². The summed E-state index contributed by atoms with van der Waals surface area (Å²) in [4.78, 5) is 0. The fourth-order valence-electron chi connectivity index (χ4n) is 2.52. The summed E-state index contributed by atoms with van der Waals surface area (Å²) < 4.78 is 2.31. The molecule has 0 aliphatic heterocycles. The molecule has 0 saturated heterocycles. The van der Waals surface area contributed by atoms with Gasteiger partial charge in [0.1, 0.15) is 0 Å². The van der Waals surface area contributed by atoms with E-state index in [1.807, 2.05) is 0 Å². The number of fused-ring (bicyclic) bond motifs is 1. The fraction of sp³-hybridized carbons (Fsp3) is 0.444. The number of nitrogens with zero attached hydrogens (tertiary/aromatic N) is 1. The third-order valence-corrected chi connectivity index (χ3v) is 3.36. The minimum absolute atomic E-state index is 0.177. The van der Waals surface area contributed by atoms with Gasteiger partial charge in [-0.15, -0.1) is 0 Å². The number of benzene rings is 1. The molecule has 2 nitrogen and oxygen atoms in total. The van der Waals surface area contributed by atoms with Gasteiger partial charge in [-0.3, -0.25) is 0 Å². The molecule has 108 valence electrons. The summed E-state index contributed by atoms with van der Waals surface area (Å²) in [6.45, 7) is 14.6. The maximum Gasteiger partial charge on any atom is 0.0486 e. The fourth-order valence-corrected chi connectivity index (χ4v) is 2.52. The summed E-state index contributed by atoms with van der Waals surface area (Å²) in [5, 5.41) is 4.92. The van der Waals surface area contributed by atoms with Gasteiger partial charge in [-0.25, -0.2) is 0 Å². The summed E-state index contributed by atoms with van der Waals surface area (Å²) in [5.74, 6) is 0. The predicted molar refractivity (Wildman–Crippen MR) is 88.2 cm³/mol. The zero-order valence-electron chi connectivity index (χ0n) is 13.2. The second-order valence-electron chi connectivity index (χ2n) is 6.68. The third-order valence-electron chi connectivity index (χ3n) is 3.36. The summed E-state index contributed by atoms with van der Waals surface area (Å²) in [7, 11) is 0. The number of allylic oxidation sites excluding steroid dienone is 1. The first-order chi connectivity index (χ1) is 9.37. The molecule has 0 bridgehead atoms. The van der Waals surface area contributed by atoms with Crippen molar-refractivity contribution >= 4 is 10.9 Å². The molecule has 0 unspecified atom stereocenters. The second-order valence-corrected chi connectivity index (χ2v) is 6.68. The Bertz CT molecular complexity index is 599. The quantitative estimate of drug-likeness (QED) is 0.808. The number of nitrogens with one attached hydrogen (secondary N) is 1.